The fourth-order valence-corrected chi connectivity index (χ4v) is 1.19. The number of hydroxylamine groups is 1. The lowest BCUT2D eigenvalue weighted by Crippen LogP contribution is -2.35. The summed E-state index contributed by atoms with van der Waals surface area (Å²) < 4.78 is 0. The summed E-state index contributed by atoms with van der Waals surface area (Å²) in [5, 5.41) is 0. The Morgan fingerprint density at radius 3 is 2.23 bits per heavy atom. The van der Waals surface area contributed by atoms with Crippen LogP contribution in [0.2, 0.25) is 0 Å². The molecule has 0 aromatic rings. The van der Waals surface area contributed by atoms with Crippen molar-refractivity contribution >= 4 is 5.91 Å². The highest BCUT2D eigenvalue weighted by molar-refractivity contribution is 5.81. The zero-order valence-corrected chi connectivity index (χ0v) is 9.10. The summed E-state index contributed by atoms with van der Waals surface area (Å²) in [7, 11) is 0. The van der Waals surface area contributed by atoms with Crippen LogP contribution in [0, 0.1) is 11.3 Å². The second-order valence-electron chi connectivity index (χ2n) is 5.43. The third-order valence-electron chi connectivity index (χ3n) is 2.29. The third kappa shape index (κ3) is 2.99. The van der Waals surface area contributed by atoms with Crippen LogP contribution in [0.3, 0.4) is 0 Å². The number of hydrogen-bond donors (Lipinski definition) is 1. The van der Waals surface area contributed by atoms with Gasteiger partial charge in [-0.1, -0.05) is 13.8 Å². The Morgan fingerprint density at radius 1 is 1.46 bits per heavy atom. The summed E-state index contributed by atoms with van der Waals surface area (Å²) in [6.07, 6.45) is 0.965. The van der Waals surface area contributed by atoms with Crippen molar-refractivity contribution in [2.45, 2.75) is 46.6 Å². The average molecular weight is 185 g/mol. The lowest BCUT2D eigenvalue weighted by molar-refractivity contribution is -0.147. The Morgan fingerprint density at radius 2 is 1.92 bits per heavy atom. The van der Waals surface area contributed by atoms with Crippen molar-refractivity contribution in [2.24, 2.45) is 11.3 Å². The van der Waals surface area contributed by atoms with Crippen molar-refractivity contribution in [3.8, 4) is 0 Å². The maximum absolute atomic E-state index is 11.4. The van der Waals surface area contributed by atoms with Crippen molar-refractivity contribution in [3.05, 3.63) is 0 Å². The van der Waals surface area contributed by atoms with E-state index < -0.39 is 0 Å². The Bertz CT molecular complexity index is 215. The molecule has 1 fully saturated rings. The third-order valence-corrected chi connectivity index (χ3v) is 2.29. The Balaban J connectivity index is 2.29. The Labute approximate surface area is 79.8 Å². The smallest absolute Gasteiger partial charge is 0.247 e. The number of carbonyl (C=O) groups is 1. The van der Waals surface area contributed by atoms with Gasteiger partial charge in [-0.3, -0.25) is 9.63 Å². The zero-order valence-electron chi connectivity index (χ0n) is 9.10. The van der Waals surface area contributed by atoms with Crippen LogP contribution in [-0.4, -0.2) is 11.5 Å². The van der Waals surface area contributed by atoms with Gasteiger partial charge in [-0.25, -0.2) is 5.48 Å². The summed E-state index contributed by atoms with van der Waals surface area (Å²) in [5.41, 5.74) is 2.36. The van der Waals surface area contributed by atoms with Crippen LogP contribution in [0.4, 0.5) is 0 Å². The number of hydrogen-bond acceptors (Lipinski definition) is 2. The van der Waals surface area contributed by atoms with Crippen LogP contribution in [-0.2, 0) is 9.63 Å². The lowest BCUT2D eigenvalue weighted by Gasteiger charge is -2.19. The molecule has 76 valence electrons. The largest absolute Gasteiger partial charge is 0.272 e. The molecule has 0 aromatic carbocycles. The minimum atomic E-state index is -0.311. The van der Waals surface area contributed by atoms with Crippen LogP contribution < -0.4 is 5.48 Å². The summed E-state index contributed by atoms with van der Waals surface area (Å²) >= 11 is 0. The highest BCUT2D eigenvalue weighted by Crippen LogP contribution is 2.51. The fourth-order valence-electron chi connectivity index (χ4n) is 1.19. The highest BCUT2D eigenvalue weighted by atomic mass is 16.7. The summed E-state index contributed by atoms with van der Waals surface area (Å²) in [6.45, 7) is 9.91. The molecule has 1 atom stereocenters. The van der Waals surface area contributed by atoms with Crippen LogP contribution in [0.1, 0.15) is 41.0 Å². The van der Waals surface area contributed by atoms with Crippen molar-refractivity contribution in [2.75, 3.05) is 0 Å². The normalized spacial score (nSPS) is 25.5. The molecule has 0 heterocycles. The van der Waals surface area contributed by atoms with Gasteiger partial charge < -0.3 is 0 Å². The van der Waals surface area contributed by atoms with E-state index >= 15 is 0 Å². The van der Waals surface area contributed by atoms with Gasteiger partial charge in [0.15, 0.2) is 0 Å². The molecule has 3 heteroatoms. The molecule has 0 unspecified atom stereocenters. The van der Waals surface area contributed by atoms with Gasteiger partial charge in [0.05, 0.1) is 5.60 Å². The van der Waals surface area contributed by atoms with E-state index in [2.05, 4.69) is 19.3 Å². The molecule has 0 saturated heterocycles. The van der Waals surface area contributed by atoms with Gasteiger partial charge in [-0.15, -0.1) is 0 Å². The van der Waals surface area contributed by atoms with E-state index in [1.165, 1.54) is 0 Å². The first-order valence-corrected chi connectivity index (χ1v) is 4.70. The summed E-state index contributed by atoms with van der Waals surface area (Å²) in [4.78, 5) is 16.6. The molecule has 1 N–H and O–H groups in total. The molecule has 0 spiro atoms. The van der Waals surface area contributed by atoms with Gasteiger partial charge >= 0.3 is 0 Å². The van der Waals surface area contributed by atoms with Gasteiger partial charge in [0.2, 0.25) is 5.91 Å². The van der Waals surface area contributed by atoms with Crippen LogP contribution in [0.15, 0.2) is 0 Å². The predicted octanol–water partition coefficient (Wildman–Crippen LogP) is 1.88. The lowest BCUT2D eigenvalue weighted by atomic mass is 10.1. The van der Waals surface area contributed by atoms with E-state index in [1.54, 1.807) is 0 Å². The molecule has 0 radical (unpaired) electrons. The molecule has 0 aliphatic heterocycles. The van der Waals surface area contributed by atoms with Crippen molar-refractivity contribution in [3.63, 3.8) is 0 Å². The first-order valence-electron chi connectivity index (χ1n) is 4.70. The van der Waals surface area contributed by atoms with Gasteiger partial charge in [0.1, 0.15) is 0 Å². The molecular weight excluding hydrogens is 166 g/mol. The molecule has 13 heavy (non-hydrogen) atoms. The molecule has 1 saturated carbocycles. The number of nitrogens with one attached hydrogen (secondary N) is 1. The molecular formula is C10H19NO2. The van der Waals surface area contributed by atoms with E-state index in [-0.39, 0.29) is 22.8 Å². The van der Waals surface area contributed by atoms with Crippen LogP contribution in [0.5, 0.6) is 0 Å². The number of amides is 1. The maximum Gasteiger partial charge on any atom is 0.247 e. The molecule has 1 aliphatic carbocycles. The van der Waals surface area contributed by atoms with Gasteiger partial charge in [0.25, 0.3) is 0 Å². The van der Waals surface area contributed by atoms with E-state index in [0.717, 1.165) is 6.42 Å². The Hall–Kier alpha value is -0.570. The first kappa shape index (κ1) is 10.5. The minimum absolute atomic E-state index is 0.0138. The quantitative estimate of drug-likeness (QED) is 0.667. The molecule has 0 aromatic heterocycles. The molecule has 1 aliphatic rings. The van der Waals surface area contributed by atoms with E-state index in [1.807, 2.05) is 20.8 Å². The van der Waals surface area contributed by atoms with E-state index in [0.29, 0.717) is 0 Å². The van der Waals surface area contributed by atoms with Gasteiger partial charge in [-0.2, -0.15) is 0 Å². The summed E-state index contributed by atoms with van der Waals surface area (Å²) in [5.74, 6) is 0.148. The summed E-state index contributed by atoms with van der Waals surface area (Å²) in [6, 6.07) is 0. The zero-order chi connectivity index (χ0) is 10.3. The predicted molar refractivity (Wildman–Crippen MR) is 50.9 cm³/mol. The van der Waals surface area contributed by atoms with Crippen molar-refractivity contribution in [1.82, 2.24) is 5.48 Å². The van der Waals surface area contributed by atoms with Gasteiger partial charge in [0, 0.05) is 5.92 Å². The molecule has 0 bridgehead atoms. The molecule has 1 rings (SSSR count). The standard InChI is InChI=1S/C10H19NO2/c1-9(2,3)13-11-8(12)7-6-10(7,4)5/h7H,6H2,1-5H3,(H,11,12)/t7-/m1/s1. The van der Waals surface area contributed by atoms with E-state index in [9.17, 15) is 4.79 Å². The SMILES string of the molecule is CC(C)(C)ONC(=O)[C@H]1CC1(C)C. The molecule has 3 nitrogen and oxygen atoms in total. The van der Waals surface area contributed by atoms with Crippen molar-refractivity contribution < 1.29 is 9.63 Å². The maximum atomic E-state index is 11.4. The van der Waals surface area contributed by atoms with E-state index in [4.69, 9.17) is 4.84 Å². The Kier molecular flexibility index (Phi) is 2.41. The number of rotatable bonds is 2. The minimum Gasteiger partial charge on any atom is -0.272 e. The molecule has 1 amide bonds. The van der Waals surface area contributed by atoms with Crippen LogP contribution >= 0.6 is 0 Å². The second kappa shape index (κ2) is 2.98. The number of carbonyl (C=O) groups excluding carboxylic acids is 1. The monoisotopic (exact) mass is 185 g/mol. The van der Waals surface area contributed by atoms with Crippen LogP contribution in [0.25, 0.3) is 0 Å². The average Bonchev–Trinajstić information content (AvgIpc) is 2.53. The fraction of sp³-hybridized carbons (Fsp3) is 0.900. The first-order chi connectivity index (χ1) is 5.72. The van der Waals surface area contributed by atoms with Crippen molar-refractivity contribution in [1.29, 1.82) is 0 Å². The highest BCUT2D eigenvalue weighted by Gasteiger charge is 2.50. The van der Waals surface area contributed by atoms with Gasteiger partial charge in [-0.05, 0) is 32.6 Å². The topological polar surface area (TPSA) is 38.3 Å². The second-order valence-corrected chi connectivity index (χ2v) is 5.43.